The molecule has 0 aromatic carbocycles. The van der Waals surface area contributed by atoms with Gasteiger partial charge in [0.05, 0.1) is 42.6 Å². The second kappa shape index (κ2) is 7.42. The van der Waals surface area contributed by atoms with Crippen molar-refractivity contribution < 1.29 is 9.59 Å². The van der Waals surface area contributed by atoms with Gasteiger partial charge in [-0.3, -0.25) is 24.2 Å². The fourth-order valence-electron chi connectivity index (χ4n) is 3.07. The van der Waals surface area contributed by atoms with Crippen LogP contribution >= 0.6 is 0 Å². The van der Waals surface area contributed by atoms with E-state index in [0.717, 1.165) is 30.6 Å². The van der Waals surface area contributed by atoms with Crippen molar-refractivity contribution in [2.45, 2.75) is 45.8 Å². The van der Waals surface area contributed by atoms with Crippen molar-refractivity contribution in [2.75, 3.05) is 6.54 Å². The SMILES string of the molecule is CC(=O)N1CCC[C@@H]1c1cncc(CNC(=O)Cn2cc(C)cn2)n1. The molecule has 1 aliphatic heterocycles. The molecule has 132 valence electrons. The first-order valence-electron chi connectivity index (χ1n) is 8.36. The summed E-state index contributed by atoms with van der Waals surface area (Å²) in [4.78, 5) is 34.3. The fraction of sp³-hybridized carbons (Fsp3) is 0.471. The van der Waals surface area contributed by atoms with Crippen molar-refractivity contribution in [1.82, 2.24) is 30.0 Å². The highest BCUT2D eigenvalue weighted by atomic mass is 16.2. The molecule has 0 spiro atoms. The molecule has 1 atom stereocenters. The number of amides is 2. The number of hydrogen-bond donors (Lipinski definition) is 1. The standard InChI is InChI=1S/C17H22N6O2/c1-12-6-20-22(10-12)11-17(25)19-8-14-7-18-9-15(21-14)16-4-3-5-23(16)13(2)24/h6-7,9-10,16H,3-5,8,11H2,1-2H3,(H,19,25)/t16-/m1/s1. The number of nitrogens with one attached hydrogen (secondary N) is 1. The molecule has 8 heteroatoms. The Labute approximate surface area is 146 Å². The van der Waals surface area contributed by atoms with Gasteiger partial charge < -0.3 is 10.2 Å². The van der Waals surface area contributed by atoms with Crippen LogP contribution in [-0.4, -0.2) is 43.0 Å². The highest BCUT2D eigenvalue weighted by Gasteiger charge is 2.29. The Morgan fingerprint density at radius 1 is 1.32 bits per heavy atom. The highest BCUT2D eigenvalue weighted by Crippen LogP contribution is 2.30. The zero-order valence-corrected chi connectivity index (χ0v) is 14.5. The van der Waals surface area contributed by atoms with E-state index in [1.54, 1.807) is 30.2 Å². The van der Waals surface area contributed by atoms with E-state index in [0.29, 0.717) is 12.2 Å². The molecule has 8 nitrogen and oxygen atoms in total. The van der Waals surface area contributed by atoms with Gasteiger partial charge in [0.25, 0.3) is 0 Å². The molecule has 1 aliphatic rings. The van der Waals surface area contributed by atoms with Gasteiger partial charge in [0.1, 0.15) is 6.54 Å². The van der Waals surface area contributed by atoms with Gasteiger partial charge in [-0.2, -0.15) is 5.10 Å². The monoisotopic (exact) mass is 342 g/mol. The lowest BCUT2D eigenvalue weighted by Gasteiger charge is -2.22. The van der Waals surface area contributed by atoms with Crippen LogP contribution in [0.2, 0.25) is 0 Å². The average Bonchev–Trinajstić information content (AvgIpc) is 3.22. The Morgan fingerprint density at radius 2 is 2.16 bits per heavy atom. The summed E-state index contributed by atoms with van der Waals surface area (Å²) < 4.78 is 1.59. The Bertz CT molecular complexity index is 772. The van der Waals surface area contributed by atoms with Crippen molar-refractivity contribution in [1.29, 1.82) is 0 Å². The van der Waals surface area contributed by atoms with E-state index < -0.39 is 0 Å². The number of nitrogens with zero attached hydrogens (tertiary/aromatic N) is 5. The zero-order valence-electron chi connectivity index (χ0n) is 14.5. The highest BCUT2D eigenvalue weighted by molar-refractivity contribution is 5.75. The predicted molar refractivity (Wildman–Crippen MR) is 90.2 cm³/mol. The summed E-state index contributed by atoms with van der Waals surface area (Å²) in [7, 11) is 0. The molecule has 0 saturated carbocycles. The summed E-state index contributed by atoms with van der Waals surface area (Å²) >= 11 is 0. The van der Waals surface area contributed by atoms with Gasteiger partial charge in [-0.15, -0.1) is 0 Å². The van der Waals surface area contributed by atoms with Crippen molar-refractivity contribution in [3.8, 4) is 0 Å². The van der Waals surface area contributed by atoms with Crippen LogP contribution in [0.15, 0.2) is 24.8 Å². The molecule has 25 heavy (non-hydrogen) atoms. The second-order valence-corrected chi connectivity index (χ2v) is 6.30. The van der Waals surface area contributed by atoms with E-state index in [1.165, 1.54) is 0 Å². The number of aromatic nitrogens is 4. The van der Waals surface area contributed by atoms with Gasteiger partial charge >= 0.3 is 0 Å². The smallest absolute Gasteiger partial charge is 0.242 e. The summed E-state index contributed by atoms with van der Waals surface area (Å²) in [5.74, 6) is -0.0842. The summed E-state index contributed by atoms with van der Waals surface area (Å²) in [6, 6.07) is -0.0206. The van der Waals surface area contributed by atoms with Crippen molar-refractivity contribution >= 4 is 11.8 Å². The van der Waals surface area contributed by atoms with E-state index in [2.05, 4.69) is 20.4 Å². The van der Waals surface area contributed by atoms with Gasteiger partial charge in [-0.1, -0.05) is 0 Å². The molecule has 2 aromatic heterocycles. The van der Waals surface area contributed by atoms with E-state index in [1.807, 2.05) is 18.0 Å². The molecule has 2 amide bonds. The molecule has 3 rings (SSSR count). The molecule has 0 aliphatic carbocycles. The number of hydrogen-bond acceptors (Lipinski definition) is 5. The lowest BCUT2D eigenvalue weighted by atomic mass is 10.1. The van der Waals surface area contributed by atoms with E-state index in [4.69, 9.17) is 0 Å². The van der Waals surface area contributed by atoms with Crippen LogP contribution in [-0.2, 0) is 22.7 Å². The first kappa shape index (κ1) is 17.1. The minimum absolute atomic E-state index is 0.0206. The average molecular weight is 342 g/mol. The van der Waals surface area contributed by atoms with Crippen LogP contribution in [0.5, 0.6) is 0 Å². The van der Waals surface area contributed by atoms with Gasteiger partial charge in [0.15, 0.2) is 0 Å². The third-order valence-electron chi connectivity index (χ3n) is 4.24. The Hall–Kier alpha value is -2.77. The van der Waals surface area contributed by atoms with Crippen molar-refractivity contribution in [3.05, 3.63) is 41.7 Å². The first-order valence-corrected chi connectivity index (χ1v) is 8.36. The molecule has 2 aromatic rings. The van der Waals surface area contributed by atoms with Gasteiger partial charge in [0, 0.05) is 19.7 Å². The van der Waals surface area contributed by atoms with Gasteiger partial charge in [-0.05, 0) is 25.3 Å². The Morgan fingerprint density at radius 3 is 2.88 bits per heavy atom. The molecule has 3 heterocycles. The normalized spacial score (nSPS) is 16.9. The van der Waals surface area contributed by atoms with Crippen LogP contribution in [0, 0.1) is 6.92 Å². The van der Waals surface area contributed by atoms with Crippen molar-refractivity contribution in [3.63, 3.8) is 0 Å². The van der Waals surface area contributed by atoms with E-state index in [-0.39, 0.29) is 24.4 Å². The van der Waals surface area contributed by atoms with Crippen LogP contribution in [0.3, 0.4) is 0 Å². The fourth-order valence-corrected chi connectivity index (χ4v) is 3.07. The second-order valence-electron chi connectivity index (χ2n) is 6.30. The van der Waals surface area contributed by atoms with Gasteiger partial charge in [-0.25, -0.2) is 0 Å². The Kier molecular flexibility index (Phi) is 5.06. The third-order valence-corrected chi connectivity index (χ3v) is 4.24. The largest absolute Gasteiger partial charge is 0.349 e. The lowest BCUT2D eigenvalue weighted by molar-refractivity contribution is -0.129. The molecule has 0 radical (unpaired) electrons. The minimum Gasteiger partial charge on any atom is -0.349 e. The zero-order chi connectivity index (χ0) is 17.8. The maximum Gasteiger partial charge on any atom is 0.242 e. The summed E-state index contributed by atoms with van der Waals surface area (Å²) in [5, 5.41) is 6.92. The predicted octanol–water partition coefficient (Wildman–Crippen LogP) is 0.981. The first-order chi connectivity index (χ1) is 12.0. The lowest BCUT2D eigenvalue weighted by Crippen LogP contribution is -2.30. The van der Waals surface area contributed by atoms with Crippen LogP contribution in [0.25, 0.3) is 0 Å². The molecule has 1 N–H and O–H groups in total. The van der Waals surface area contributed by atoms with Gasteiger partial charge in [0.2, 0.25) is 11.8 Å². The molecule has 1 saturated heterocycles. The molecule has 1 fully saturated rings. The number of rotatable bonds is 5. The van der Waals surface area contributed by atoms with Crippen LogP contribution in [0.1, 0.15) is 42.8 Å². The molecule has 0 bridgehead atoms. The molecular formula is C17H22N6O2. The summed E-state index contributed by atoms with van der Waals surface area (Å²) in [6.45, 7) is 4.73. The van der Waals surface area contributed by atoms with E-state index in [9.17, 15) is 9.59 Å². The molecular weight excluding hydrogens is 320 g/mol. The number of carbonyl (C=O) groups excluding carboxylic acids is 2. The van der Waals surface area contributed by atoms with Crippen molar-refractivity contribution in [2.24, 2.45) is 0 Å². The topological polar surface area (TPSA) is 93.0 Å². The van der Waals surface area contributed by atoms with Crippen LogP contribution < -0.4 is 5.32 Å². The number of likely N-dealkylation sites (tertiary alicyclic amines) is 1. The number of aryl methyl sites for hydroxylation is 1. The quantitative estimate of drug-likeness (QED) is 0.874. The molecule has 0 unspecified atom stereocenters. The maximum absolute atomic E-state index is 12.0. The maximum atomic E-state index is 12.0. The summed E-state index contributed by atoms with van der Waals surface area (Å²) in [6.07, 6.45) is 8.72. The van der Waals surface area contributed by atoms with Crippen LogP contribution in [0.4, 0.5) is 0 Å². The third kappa shape index (κ3) is 4.20. The van der Waals surface area contributed by atoms with E-state index >= 15 is 0 Å². The summed E-state index contributed by atoms with van der Waals surface area (Å²) in [5.41, 5.74) is 2.47. The Balaban J connectivity index is 1.60. The number of carbonyl (C=O) groups is 2. The minimum atomic E-state index is -0.137.